The SMILES string of the molecule is Cc1ccc(N=C2[C@@H](C)[C@@H](C)[Si]2(C(C)(C)C)C(C)(C)C)cc1. The highest BCUT2D eigenvalue weighted by Gasteiger charge is 2.68. The van der Waals surface area contributed by atoms with Gasteiger partial charge in [-0.1, -0.05) is 73.1 Å². The van der Waals surface area contributed by atoms with Crippen molar-refractivity contribution < 1.29 is 0 Å². The number of benzene rings is 1. The Morgan fingerprint density at radius 1 is 0.864 bits per heavy atom. The summed E-state index contributed by atoms with van der Waals surface area (Å²) >= 11 is 0. The first-order valence-corrected chi connectivity index (χ1v) is 10.7. The van der Waals surface area contributed by atoms with Gasteiger partial charge in [0.1, 0.15) is 8.07 Å². The van der Waals surface area contributed by atoms with Gasteiger partial charge in [-0.05, 0) is 40.6 Å². The molecule has 1 saturated heterocycles. The number of hydrogen-bond acceptors (Lipinski definition) is 1. The lowest BCUT2D eigenvalue weighted by atomic mass is 10.1. The molecule has 22 heavy (non-hydrogen) atoms. The fourth-order valence-corrected chi connectivity index (χ4v) is 14.2. The largest absolute Gasteiger partial charge is 0.262 e. The quantitative estimate of drug-likeness (QED) is 0.511. The lowest BCUT2D eigenvalue weighted by Crippen LogP contribution is -2.72. The molecule has 1 fully saturated rings. The third kappa shape index (κ3) is 2.40. The summed E-state index contributed by atoms with van der Waals surface area (Å²) in [4.78, 5) is 5.20. The van der Waals surface area contributed by atoms with Crippen LogP contribution in [0.4, 0.5) is 5.69 Å². The van der Waals surface area contributed by atoms with Crippen molar-refractivity contribution in [3.05, 3.63) is 29.8 Å². The van der Waals surface area contributed by atoms with Crippen LogP contribution >= 0.6 is 0 Å². The van der Waals surface area contributed by atoms with Crippen LogP contribution in [0.1, 0.15) is 61.0 Å². The van der Waals surface area contributed by atoms with Gasteiger partial charge >= 0.3 is 0 Å². The van der Waals surface area contributed by atoms with Crippen molar-refractivity contribution in [2.24, 2.45) is 10.9 Å². The molecule has 0 unspecified atom stereocenters. The molecule has 2 atom stereocenters. The third-order valence-electron chi connectivity index (χ3n) is 5.92. The van der Waals surface area contributed by atoms with Crippen LogP contribution in [0.3, 0.4) is 0 Å². The molecule has 0 aromatic heterocycles. The lowest BCUT2D eigenvalue weighted by Gasteiger charge is -2.65. The van der Waals surface area contributed by atoms with Gasteiger partial charge in [0.05, 0.1) is 5.69 Å². The lowest BCUT2D eigenvalue weighted by molar-refractivity contribution is 0.530. The maximum Gasteiger partial charge on any atom is 0.119 e. The molecule has 0 N–H and O–H groups in total. The zero-order chi connectivity index (χ0) is 16.9. The summed E-state index contributed by atoms with van der Waals surface area (Å²) in [6, 6.07) is 8.68. The van der Waals surface area contributed by atoms with E-state index in [4.69, 9.17) is 4.99 Å². The van der Waals surface area contributed by atoms with Crippen molar-refractivity contribution in [2.75, 3.05) is 0 Å². The summed E-state index contributed by atoms with van der Waals surface area (Å²) in [6.45, 7) is 21.6. The smallest absolute Gasteiger partial charge is 0.119 e. The van der Waals surface area contributed by atoms with Crippen LogP contribution in [-0.4, -0.2) is 13.4 Å². The molecule has 1 aromatic rings. The Balaban J connectivity index is 2.59. The minimum absolute atomic E-state index is 0.334. The summed E-state index contributed by atoms with van der Waals surface area (Å²) in [5.74, 6) is 0.617. The van der Waals surface area contributed by atoms with E-state index < -0.39 is 8.07 Å². The van der Waals surface area contributed by atoms with E-state index in [-0.39, 0.29) is 0 Å². The van der Waals surface area contributed by atoms with E-state index in [1.54, 1.807) is 0 Å². The molecule has 0 amide bonds. The molecule has 1 aliphatic heterocycles. The molecule has 2 rings (SSSR count). The first-order valence-electron chi connectivity index (χ1n) is 8.58. The highest BCUT2D eigenvalue weighted by Crippen LogP contribution is 2.66. The summed E-state index contributed by atoms with van der Waals surface area (Å²) in [5.41, 5.74) is 3.22. The predicted molar refractivity (Wildman–Crippen MR) is 102 cm³/mol. The molecule has 1 aromatic carbocycles. The van der Waals surface area contributed by atoms with E-state index in [0.717, 1.165) is 11.2 Å². The van der Waals surface area contributed by atoms with E-state index in [9.17, 15) is 0 Å². The number of aryl methyl sites for hydroxylation is 1. The Labute approximate surface area is 138 Å². The van der Waals surface area contributed by atoms with Gasteiger partial charge in [-0.15, -0.1) is 0 Å². The van der Waals surface area contributed by atoms with Crippen LogP contribution in [0, 0.1) is 12.8 Å². The van der Waals surface area contributed by atoms with Crippen LogP contribution in [0.5, 0.6) is 0 Å². The third-order valence-corrected chi connectivity index (χ3v) is 13.9. The van der Waals surface area contributed by atoms with Crippen molar-refractivity contribution in [3.8, 4) is 0 Å². The van der Waals surface area contributed by atoms with E-state index in [1.165, 1.54) is 10.9 Å². The fourth-order valence-electron chi connectivity index (χ4n) is 5.32. The number of hydrogen-bond donors (Lipinski definition) is 0. The fraction of sp³-hybridized carbons (Fsp3) is 0.650. The van der Waals surface area contributed by atoms with Crippen molar-refractivity contribution >= 4 is 19.1 Å². The molecule has 1 heterocycles. The monoisotopic (exact) mass is 315 g/mol. The Morgan fingerprint density at radius 3 is 1.73 bits per heavy atom. The molecule has 1 aliphatic rings. The number of nitrogens with zero attached hydrogens (tertiary/aromatic N) is 1. The van der Waals surface area contributed by atoms with Crippen molar-refractivity contribution in [2.45, 2.75) is 77.9 Å². The molecule has 0 aliphatic carbocycles. The summed E-state index contributed by atoms with van der Waals surface area (Å²) < 4.78 is 0. The minimum atomic E-state index is -1.69. The van der Waals surface area contributed by atoms with Crippen LogP contribution in [0.2, 0.25) is 15.6 Å². The second kappa shape index (κ2) is 5.33. The summed E-state index contributed by atoms with van der Waals surface area (Å²) in [7, 11) is -1.69. The molecule has 0 spiro atoms. The Hall–Kier alpha value is -0.893. The van der Waals surface area contributed by atoms with Gasteiger partial charge in [0.25, 0.3) is 0 Å². The van der Waals surface area contributed by atoms with E-state index in [1.807, 2.05) is 0 Å². The molecule has 0 radical (unpaired) electrons. The maximum absolute atomic E-state index is 5.20. The molecular formula is C20H33NSi. The van der Waals surface area contributed by atoms with E-state index in [2.05, 4.69) is 86.6 Å². The van der Waals surface area contributed by atoms with Gasteiger partial charge in [-0.3, -0.25) is 4.99 Å². The highest BCUT2D eigenvalue weighted by molar-refractivity contribution is 7.15. The average molecular weight is 316 g/mol. The van der Waals surface area contributed by atoms with Crippen molar-refractivity contribution in [3.63, 3.8) is 0 Å². The Kier molecular flexibility index (Phi) is 4.23. The minimum Gasteiger partial charge on any atom is -0.262 e. The zero-order valence-electron chi connectivity index (χ0n) is 15.9. The summed E-state index contributed by atoms with van der Waals surface area (Å²) in [6.07, 6.45) is 0. The van der Waals surface area contributed by atoms with Crippen molar-refractivity contribution in [1.29, 1.82) is 0 Å². The van der Waals surface area contributed by atoms with Crippen LogP contribution < -0.4 is 0 Å². The first-order chi connectivity index (χ1) is 9.93. The normalized spacial score (nSPS) is 26.9. The van der Waals surface area contributed by atoms with Gasteiger partial charge in [0.15, 0.2) is 0 Å². The van der Waals surface area contributed by atoms with Gasteiger partial charge < -0.3 is 0 Å². The average Bonchev–Trinajstić information content (AvgIpc) is 2.36. The van der Waals surface area contributed by atoms with Crippen LogP contribution in [-0.2, 0) is 0 Å². The first kappa shape index (κ1) is 17.5. The number of rotatable bonds is 1. The van der Waals surface area contributed by atoms with Crippen molar-refractivity contribution in [1.82, 2.24) is 0 Å². The Bertz CT molecular complexity index is 555. The second-order valence-corrected chi connectivity index (χ2v) is 15.3. The molecule has 0 saturated carbocycles. The number of aliphatic imine (C=N–C) groups is 1. The molecule has 2 heteroatoms. The topological polar surface area (TPSA) is 12.4 Å². The maximum atomic E-state index is 5.20. The highest BCUT2D eigenvalue weighted by atomic mass is 28.3. The van der Waals surface area contributed by atoms with E-state index in [0.29, 0.717) is 16.0 Å². The molecular weight excluding hydrogens is 282 g/mol. The van der Waals surface area contributed by atoms with Gasteiger partial charge in [-0.2, -0.15) is 0 Å². The second-order valence-electron chi connectivity index (χ2n) is 9.22. The Morgan fingerprint density at radius 2 is 1.32 bits per heavy atom. The molecule has 122 valence electrons. The molecule has 0 bridgehead atoms. The summed E-state index contributed by atoms with van der Waals surface area (Å²) in [5, 5.41) is 2.20. The van der Waals surface area contributed by atoms with Crippen LogP contribution in [0.25, 0.3) is 0 Å². The standard InChI is InChI=1S/C20H33NSi/c1-14-10-12-17(13-11-14)21-18-15(2)16(3)22(18,19(4,5)6)20(7,8)9/h10-13,15-16H,1-9H3/t15-,16+/m0/s1. The van der Waals surface area contributed by atoms with Gasteiger partial charge in [0.2, 0.25) is 0 Å². The van der Waals surface area contributed by atoms with Gasteiger partial charge in [-0.25, -0.2) is 0 Å². The zero-order valence-corrected chi connectivity index (χ0v) is 16.9. The van der Waals surface area contributed by atoms with Crippen LogP contribution in [0.15, 0.2) is 29.3 Å². The van der Waals surface area contributed by atoms with E-state index >= 15 is 0 Å². The van der Waals surface area contributed by atoms with Gasteiger partial charge in [0, 0.05) is 5.33 Å². The molecule has 1 nitrogen and oxygen atoms in total. The predicted octanol–water partition coefficient (Wildman–Crippen LogP) is 6.70.